The van der Waals surface area contributed by atoms with Gasteiger partial charge in [-0.1, -0.05) is 24.3 Å². The summed E-state index contributed by atoms with van der Waals surface area (Å²) < 4.78 is 7.60. The summed E-state index contributed by atoms with van der Waals surface area (Å²) >= 11 is 0. The molecule has 1 amide bonds. The van der Waals surface area contributed by atoms with Crippen LogP contribution >= 0.6 is 0 Å². The van der Waals surface area contributed by atoms with Crippen LogP contribution < -0.4 is 5.32 Å². The number of amides is 1. The minimum atomic E-state index is -0.0713. The molecule has 0 bridgehead atoms. The van der Waals surface area contributed by atoms with Crippen LogP contribution in [0.1, 0.15) is 30.8 Å². The van der Waals surface area contributed by atoms with Gasteiger partial charge in [0.1, 0.15) is 5.52 Å². The monoisotopic (exact) mass is 360 g/mol. The van der Waals surface area contributed by atoms with E-state index in [0.717, 1.165) is 22.4 Å². The Morgan fingerprint density at radius 3 is 2.74 bits per heavy atom. The fourth-order valence-electron chi connectivity index (χ4n) is 2.99. The van der Waals surface area contributed by atoms with E-state index in [-0.39, 0.29) is 11.9 Å². The standard InChI is InChI=1S/C21H20N4O2/c1-15(16-6-8-17(9-7-16)25-13-12-22-14-25)23-20(26)10-11-21-24-18-4-2-3-5-19(18)27-21/h2-9,12-15H,10-11H2,1H3,(H,23,26). The van der Waals surface area contributed by atoms with Gasteiger partial charge in [-0.2, -0.15) is 0 Å². The molecule has 2 aromatic heterocycles. The van der Waals surface area contributed by atoms with Gasteiger partial charge in [0.25, 0.3) is 0 Å². The highest BCUT2D eigenvalue weighted by Gasteiger charge is 2.12. The number of aryl methyl sites for hydroxylation is 1. The highest BCUT2D eigenvalue weighted by molar-refractivity contribution is 5.77. The third kappa shape index (κ3) is 3.89. The first kappa shape index (κ1) is 17.0. The Balaban J connectivity index is 1.33. The molecule has 4 rings (SSSR count). The van der Waals surface area contributed by atoms with E-state index >= 15 is 0 Å². The fraction of sp³-hybridized carbons (Fsp3) is 0.190. The van der Waals surface area contributed by atoms with Crippen LogP contribution in [0.4, 0.5) is 0 Å². The number of imidazole rings is 1. The summed E-state index contributed by atoms with van der Waals surface area (Å²) in [6.45, 7) is 1.98. The van der Waals surface area contributed by atoms with Gasteiger partial charge < -0.3 is 14.3 Å². The number of oxazole rings is 1. The number of nitrogens with zero attached hydrogens (tertiary/aromatic N) is 3. The largest absolute Gasteiger partial charge is 0.441 e. The van der Waals surface area contributed by atoms with Crippen LogP contribution in [0.5, 0.6) is 0 Å². The lowest BCUT2D eigenvalue weighted by molar-refractivity contribution is -0.121. The average Bonchev–Trinajstić information content (AvgIpc) is 3.36. The molecule has 0 aliphatic carbocycles. The number of nitrogens with one attached hydrogen (secondary N) is 1. The second kappa shape index (κ2) is 7.45. The molecule has 1 atom stereocenters. The van der Waals surface area contributed by atoms with Gasteiger partial charge in [-0.3, -0.25) is 4.79 Å². The lowest BCUT2D eigenvalue weighted by atomic mass is 10.1. The van der Waals surface area contributed by atoms with E-state index < -0.39 is 0 Å². The first-order valence-electron chi connectivity index (χ1n) is 8.91. The average molecular weight is 360 g/mol. The Labute approximate surface area is 156 Å². The van der Waals surface area contributed by atoms with Gasteiger partial charge in [0, 0.05) is 30.9 Å². The molecule has 0 saturated carbocycles. The van der Waals surface area contributed by atoms with E-state index in [4.69, 9.17) is 4.42 Å². The summed E-state index contributed by atoms with van der Waals surface area (Å²) in [5.41, 5.74) is 3.65. The lowest BCUT2D eigenvalue weighted by Gasteiger charge is -2.14. The molecular formula is C21H20N4O2. The molecule has 0 saturated heterocycles. The normalized spacial score (nSPS) is 12.2. The van der Waals surface area contributed by atoms with Gasteiger partial charge in [0.15, 0.2) is 11.5 Å². The molecule has 6 nitrogen and oxygen atoms in total. The predicted molar refractivity (Wildman–Crippen MR) is 102 cm³/mol. The molecule has 2 heterocycles. The minimum Gasteiger partial charge on any atom is -0.441 e. The molecule has 4 aromatic rings. The number of para-hydroxylation sites is 2. The number of rotatable bonds is 6. The topological polar surface area (TPSA) is 73.0 Å². The predicted octanol–water partition coefficient (Wildman–Crippen LogP) is 3.82. The first-order chi connectivity index (χ1) is 13.2. The van der Waals surface area contributed by atoms with Crippen LogP contribution in [-0.2, 0) is 11.2 Å². The zero-order valence-electron chi connectivity index (χ0n) is 15.0. The summed E-state index contributed by atoms with van der Waals surface area (Å²) in [6, 6.07) is 15.6. The molecular weight excluding hydrogens is 340 g/mol. The van der Waals surface area contributed by atoms with Gasteiger partial charge in [-0.15, -0.1) is 0 Å². The van der Waals surface area contributed by atoms with Crippen molar-refractivity contribution in [2.24, 2.45) is 0 Å². The van der Waals surface area contributed by atoms with Crippen molar-refractivity contribution in [3.63, 3.8) is 0 Å². The van der Waals surface area contributed by atoms with Gasteiger partial charge in [0.05, 0.1) is 12.4 Å². The van der Waals surface area contributed by atoms with E-state index in [1.807, 2.05) is 66.2 Å². The molecule has 0 spiro atoms. The first-order valence-corrected chi connectivity index (χ1v) is 8.91. The number of fused-ring (bicyclic) bond motifs is 1. The van der Waals surface area contributed by atoms with E-state index in [1.165, 1.54) is 0 Å². The lowest BCUT2D eigenvalue weighted by Crippen LogP contribution is -2.26. The molecule has 27 heavy (non-hydrogen) atoms. The number of benzene rings is 2. The van der Waals surface area contributed by atoms with Crippen molar-refractivity contribution in [1.29, 1.82) is 0 Å². The summed E-state index contributed by atoms with van der Waals surface area (Å²) in [4.78, 5) is 20.7. The second-order valence-electron chi connectivity index (χ2n) is 6.43. The van der Waals surface area contributed by atoms with E-state index in [0.29, 0.717) is 18.7 Å². The molecule has 0 aliphatic heterocycles. The molecule has 136 valence electrons. The van der Waals surface area contributed by atoms with Crippen LogP contribution in [0.15, 0.2) is 71.7 Å². The van der Waals surface area contributed by atoms with Gasteiger partial charge in [-0.25, -0.2) is 9.97 Å². The zero-order valence-corrected chi connectivity index (χ0v) is 15.0. The number of carbonyl (C=O) groups is 1. The molecule has 6 heteroatoms. The smallest absolute Gasteiger partial charge is 0.220 e. The molecule has 0 fully saturated rings. The summed E-state index contributed by atoms with van der Waals surface area (Å²) in [5.74, 6) is 0.562. The van der Waals surface area contributed by atoms with Gasteiger partial charge in [0.2, 0.25) is 5.91 Å². The SMILES string of the molecule is CC(NC(=O)CCc1nc2ccccc2o1)c1ccc(-n2ccnc2)cc1. The molecule has 0 aliphatic rings. The van der Waals surface area contributed by atoms with Gasteiger partial charge in [-0.05, 0) is 36.8 Å². The second-order valence-corrected chi connectivity index (χ2v) is 6.43. The minimum absolute atomic E-state index is 0.0246. The molecule has 1 N–H and O–H groups in total. The zero-order chi connectivity index (χ0) is 18.6. The van der Waals surface area contributed by atoms with E-state index in [1.54, 1.807) is 12.5 Å². The van der Waals surface area contributed by atoms with E-state index in [2.05, 4.69) is 15.3 Å². The maximum absolute atomic E-state index is 12.3. The van der Waals surface area contributed by atoms with E-state index in [9.17, 15) is 4.79 Å². The highest BCUT2D eigenvalue weighted by Crippen LogP contribution is 2.17. The summed E-state index contributed by atoms with van der Waals surface area (Å²) in [5, 5.41) is 3.03. The van der Waals surface area contributed by atoms with Gasteiger partial charge >= 0.3 is 0 Å². The summed E-state index contributed by atoms with van der Waals surface area (Å²) in [6.07, 6.45) is 6.21. The van der Waals surface area contributed by atoms with Crippen LogP contribution in [0.2, 0.25) is 0 Å². The van der Waals surface area contributed by atoms with Crippen molar-refractivity contribution in [2.45, 2.75) is 25.8 Å². The Kier molecular flexibility index (Phi) is 4.70. The van der Waals surface area contributed by atoms with Crippen LogP contribution in [0.3, 0.4) is 0 Å². The Bertz CT molecular complexity index is 1000. The molecule has 1 unspecified atom stereocenters. The van der Waals surface area contributed by atoms with Crippen LogP contribution in [0, 0.1) is 0 Å². The molecule has 2 aromatic carbocycles. The fourth-order valence-corrected chi connectivity index (χ4v) is 2.99. The number of hydrogen-bond donors (Lipinski definition) is 1. The van der Waals surface area contributed by atoms with Crippen molar-refractivity contribution >= 4 is 17.0 Å². The van der Waals surface area contributed by atoms with Crippen molar-refractivity contribution < 1.29 is 9.21 Å². The quantitative estimate of drug-likeness (QED) is 0.567. The highest BCUT2D eigenvalue weighted by atomic mass is 16.3. The molecule has 0 radical (unpaired) electrons. The van der Waals surface area contributed by atoms with Crippen molar-refractivity contribution in [3.8, 4) is 5.69 Å². The third-order valence-corrected chi connectivity index (χ3v) is 4.48. The number of aromatic nitrogens is 3. The maximum atomic E-state index is 12.3. The summed E-state index contributed by atoms with van der Waals surface area (Å²) in [7, 11) is 0. The Morgan fingerprint density at radius 2 is 2.00 bits per heavy atom. The van der Waals surface area contributed by atoms with Crippen molar-refractivity contribution in [3.05, 3.63) is 78.7 Å². The van der Waals surface area contributed by atoms with Crippen LogP contribution in [-0.4, -0.2) is 20.4 Å². The Hall–Kier alpha value is -3.41. The number of hydrogen-bond acceptors (Lipinski definition) is 4. The maximum Gasteiger partial charge on any atom is 0.220 e. The van der Waals surface area contributed by atoms with Crippen molar-refractivity contribution in [1.82, 2.24) is 19.9 Å². The van der Waals surface area contributed by atoms with Crippen LogP contribution in [0.25, 0.3) is 16.8 Å². The number of carbonyl (C=O) groups excluding carboxylic acids is 1. The Morgan fingerprint density at radius 1 is 1.19 bits per heavy atom. The third-order valence-electron chi connectivity index (χ3n) is 4.48. The van der Waals surface area contributed by atoms with Crippen molar-refractivity contribution in [2.75, 3.05) is 0 Å².